The lowest BCUT2D eigenvalue weighted by Gasteiger charge is -2.44. The molecule has 2 aliphatic heterocycles. The fraction of sp³-hybridized carbons (Fsp3) is 1.00. The average molecular weight is 265 g/mol. The highest BCUT2D eigenvalue weighted by Crippen LogP contribution is 2.31. The zero-order valence-electron chi connectivity index (χ0n) is 12.7. The van der Waals surface area contributed by atoms with Crippen molar-refractivity contribution in [2.24, 2.45) is 0 Å². The number of likely N-dealkylation sites (N-methyl/N-ethyl adjacent to an activating group) is 1. The molecular formula is C16H31N3. The lowest BCUT2D eigenvalue weighted by atomic mass is 9.81. The van der Waals surface area contributed by atoms with Gasteiger partial charge in [0.05, 0.1) is 0 Å². The molecule has 3 heteroatoms. The summed E-state index contributed by atoms with van der Waals surface area (Å²) in [5.74, 6) is 0. The molecule has 1 saturated carbocycles. The largest absolute Gasteiger partial charge is 0.310 e. The predicted molar refractivity (Wildman–Crippen MR) is 80.5 cm³/mol. The molecule has 19 heavy (non-hydrogen) atoms. The molecule has 110 valence electrons. The average Bonchev–Trinajstić information content (AvgIpc) is 2.63. The van der Waals surface area contributed by atoms with Crippen molar-refractivity contribution in [1.82, 2.24) is 15.1 Å². The maximum Gasteiger partial charge on any atom is 0.0308 e. The first-order valence-electron chi connectivity index (χ1n) is 8.45. The highest BCUT2D eigenvalue weighted by Gasteiger charge is 2.37. The molecular weight excluding hydrogens is 234 g/mol. The van der Waals surface area contributed by atoms with E-state index < -0.39 is 0 Å². The Morgan fingerprint density at radius 2 is 1.84 bits per heavy atom. The molecule has 0 radical (unpaired) electrons. The van der Waals surface area contributed by atoms with Crippen molar-refractivity contribution in [3.05, 3.63) is 0 Å². The lowest BCUT2D eigenvalue weighted by Crippen LogP contribution is -2.56. The second-order valence-corrected chi connectivity index (χ2v) is 7.15. The van der Waals surface area contributed by atoms with Crippen LogP contribution >= 0.6 is 0 Å². The summed E-state index contributed by atoms with van der Waals surface area (Å²) in [7, 11) is 2.29. The van der Waals surface area contributed by atoms with Crippen molar-refractivity contribution < 1.29 is 0 Å². The van der Waals surface area contributed by atoms with Gasteiger partial charge in [-0.1, -0.05) is 19.3 Å². The zero-order valence-corrected chi connectivity index (χ0v) is 12.7. The third-order valence-corrected chi connectivity index (χ3v) is 5.55. The second-order valence-electron chi connectivity index (χ2n) is 7.15. The third kappa shape index (κ3) is 3.32. The third-order valence-electron chi connectivity index (χ3n) is 5.55. The van der Waals surface area contributed by atoms with Crippen LogP contribution in [0.5, 0.6) is 0 Å². The van der Waals surface area contributed by atoms with E-state index in [1.807, 2.05) is 0 Å². The Kier molecular flexibility index (Phi) is 4.45. The van der Waals surface area contributed by atoms with E-state index in [2.05, 4.69) is 22.2 Å². The SMILES string of the molecule is CN1CCCC(N2CCCNC3(CCCCC3)C2)C1. The molecule has 3 aliphatic rings. The topological polar surface area (TPSA) is 18.5 Å². The minimum atomic E-state index is 0.463. The molecule has 3 fully saturated rings. The number of hydrogen-bond acceptors (Lipinski definition) is 3. The van der Waals surface area contributed by atoms with E-state index in [-0.39, 0.29) is 0 Å². The molecule has 1 atom stereocenters. The van der Waals surface area contributed by atoms with Gasteiger partial charge < -0.3 is 10.2 Å². The van der Waals surface area contributed by atoms with E-state index in [0.717, 1.165) is 6.04 Å². The van der Waals surface area contributed by atoms with E-state index in [1.54, 1.807) is 0 Å². The summed E-state index contributed by atoms with van der Waals surface area (Å²) in [6, 6.07) is 0.817. The van der Waals surface area contributed by atoms with Crippen LogP contribution in [0.15, 0.2) is 0 Å². The van der Waals surface area contributed by atoms with Crippen LogP contribution in [0.4, 0.5) is 0 Å². The van der Waals surface area contributed by atoms with Gasteiger partial charge >= 0.3 is 0 Å². The standard InChI is InChI=1S/C16H31N3/c1-18-11-5-7-15(13-18)19-12-6-10-17-16(14-19)8-3-2-4-9-16/h15,17H,2-14H2,1H3. The van der Waals surface area contributed by atoms with Crippen LogP contribution in [0.25, 0.3) is 0 Å². The maximum absolute atomic E-state index is 3.92. The number of piperidine rings is 1. The minimum absolute atomic E-state index is 0.463. The molecule has 1 N–H and O–H groups in total. The highest BCUT2D eigenvalue weighted by molar-refractivity contribution is 4.97. The van der Waals surface area contributed by atoms with Crippen LogP contribution in [-0.4, -0.2) is 61.2 Å². The van der Waals surface area contributed by atoms with Crippen molar-refractivity contribution in [2.45, 2.75) is 62.9 Å². The molecule has 0 amide bonds. The van der Waals surface area contributed by atoms with E-state index >= 15 is 0 Å². The monoisotopic (exact) mass is 265 g/mol. The molecule has 1 aliphatic carbocycles. The second kappa shape index (κ2) is 6.11. The first kappa shape index (κ1) is 13.8. The number of rotatable bonds is 1. The van der Waals surface area contributed by atoms with Gasteiger partial charge in [-0.2, -0.15) is 0 Å². The van der Waals surface area contributed by atoms with E-state index in [4.69, 9.17) is 0 Å². The molecule has 2 heterocycles. The first-order valence-corrected chi connectivity index (χ1v) is 8.45. The summed E-state index contributed by atoms with van der Waals surface area (Å²) in [5, 5.41) is 3.92. The molecule has 1 unspecified atom stereocenters. The summed E-state index contributed by atoms with van der Waals surface area (Å²) < 4.78 is 0. The van der Waals surface area contributed by atoms with Gasteiger partial charge in [0.1, 0.15) is 0 Å². The fourth-order valence-corrected chi connectivity index (χ4v) is 4.47. The molecule has 0 aromatic heterocycles. The van der Waals surface area contributed by atoms with Crippen LogP contribution < -0.4 is 5.32 Å². The van der Waals surface area contributed by atoms with Crippen molar-refractivity contribution in [2.75, 3.05) is 39.8 Å². The van der Waals surface area contributed by atoms with E-state index in [0.29, 0.717) is 5.54 Å². The summed E-state index contributed by atoms with van der Waals surface area (Å²) in [6.07, 6.45) is 11.3. The maximum atomic E-state index is 3.92. The van der Waals surface area contributed by atoms with Crippen molar-refractivity contribution >= 4 is 0 Å². The van der Waals surface area contributed by atoms with E-state index in [1.165, 1.54) is 84.1 Å². The number of nitrogens with zero attached hydrogens (tertiary/aromatic N) is 2. The van der Waals surface area contributed by atoms with Gasteiger partial charge in [0, 0.05) is 24.7 Å². The van der Waals surface area contributed by atoms with Crippen LogP contribution in [0.2, 0.25) is 0 Å². The molecule has 0 aromatic carbocycles. The van der Waals surface area contributed by atoms with Crippen LogP contribution in [0.3, 0.4) is 0 Å². The van der Waals surface area contributed by atoms with Gasteiger partial charge in [-0.15, -0.1) is 0 Å². The Labute approximate surface area is 118 Å². The predicted octanol–water partition coefficient (Wildman–Crippen LogP) is 2.08. The lowest BCUT2D eigenvalue weighted by molar-refractivity contribution is 0.0812. The first-order chi connectivity index (χ1) is 9.27. The van der Waals surface area contributed by atoms with Crippen molar-refractivity contribution in [1.29, 1.82) is 0 Å². The van der Waals surface area contributed by atoms with Crippen LogP contribution in [-0.2, 0) is 0 Å². The van der Waals surface area contributed by atoms with Crippen LogP contribution in [0, 0.1) is 0 Å². The van der Waals surface area contributed by atoms with Crippen LogP contribution in [0.1, 0.15) is 51.4 Å². The molecule has 3 rings (SSSR count). The van der Waals surface area contributed by atoms with Gasteiger partial charge in [0.2, 0.25) is 0 Å². The quantitative estimate of drug-likeness (QED) is 0.783. The molecule has 2 saturated heterocycles. The minimum Gasteiger partial charge on any atom is -0.310 e. The van der Waals surface area contributed by atoms with Gasteiger partial charge in [-0.3, -0.25) is 4.90 Å². The summed E-state index contributed by atoms with van der Waals surface area (Å²) >= 11 is 0. The molecule has 0 aromatic rings. The number of hydrogen-bond donors (Lipinski definition) is 1. The van der Waals surface area contributed by atoms with E-state index in [9.17, 15) is 0 Å². The molecule has 0 bridgehead atoms. The van der Waals surface area contributed by atoms with Crippen molar-refractivity contribution in [3.8, 4) is 0 Å². The smallest absolute Gasteiger partial charge is 0.0308 e. The number of likely N-dealkylation sites (tertiary alicyclic amines) is 1. The zero-order chi connectivity index (χ0) is 13.1. The van der Waals surface area contributed by atoms with Crippen molar-refractivity contribution in [3.63, 3.8) is 0 Å². The summed E-state index contributed by atoms with van der Waals surface area (Å²) in [5.41, 5.74) is 0.463. The summed E-state index contributed by atoms with van der Waals surface area (Å²) in [4.78, 5) is 5.36. The van der Waals surface area contributed by atoms with Gasteiger partial charge in [0.25, 0.3) is 0 Å². The molecule has 3 nitrogen and oxygen atoms in total. The Hall–Kier alpha value is -0.120. The number of nitrogens with one attached hydrogen (secondary N) is 1. The highest BCUT2D eigenvalue weighted by atomic mass is 15.3. The van der Waals surface area contributed by atoms with Gasteiger partial charge in [-0.25, -0.2) is 0 Å². The Bertz CT molecular complexity index is 286. The molecule has 1 spiro atoms. The van der Waals surface area contributed by atoms with Gasteiger partial charge in [-0.05, 0) is 58.8 Å². The Balaban J connectivity index is 1.66. The normalized spacial score (nSPS) is 34.3. The summed E-state index contributed by atoms with van der Waals surface area (Å²) in [6.45, 7) is 6.45. The fourth-order valence-electron chi connectivity index (χ4n) is 4.47. The Morgan fingerprint density at radius 1 is 1.00 bits per heavy atom. The Morgan fingerprint density at radius 3 is 2.63 bits per heavy atom. The van der Waals surface area contributed by atoms with Gasteiger partial charge in [0.15, 0.2) is 0 Å².